The molecule has 1 aromatic carbocycles. The highest BCUT2D eigenvalue weighted by Crippen LogP contribution is 2.39. The highest BCUT2D eigenvalue weighted by molar-refractivity contribution is 5.98. The number of carbonyl (C=O) groups is 2. The number of amides is 2. The molecule has 1 aliphatic heterocycles. The third-order valence-corrected chi connectivity index (χ3v) is 5.50. The van der Waals surface area contributed by atoms with Crippen LogP contribution in [-0.4, -0.2) is 40.1 Å². The quantitative estimate of drug-likeness (QED) is 0.809. The van der Waals surface area contributed by atoms with Crippen molar-refractivity contribution in [2.75, 3.05) is 19.0 Å². The molecule has 0 spiro atoms. The number of nitrogens with one attached hydrogen (secondary N) is 1. The summed E-state index contributed by atoms with van der Waals surface area (Å²) in [5, 5.41) is 16.5. The Balaban J connectivity index is 1.88. The van der Waals surface area contributed by atoms with Gasteiger partial charge in [-0.1, -0.05) is 6.07 Å². The lowest BCUT2D eigenvalue weighted by Crippen LogP contribution is -2.32. The summed E-state index contributed by atoms with van der Waals surface area (Å²) in [6.07, 6.45) is 1.88. The number of anilines is 1. The van der Waals surface area contributed by atoms with E-state index in [0.717, 1.165) is 16.8 Å². The number of aryl methyl sites for hydroxylation is 1. The molecule has 2 heterocycles. The first-order valence-corrected chi connectivity index (χ1v) is 9.52. The Labute approximate surface area is 170 Å². The van der Waals surface area contributed by atoms with Crippen LogP contribution < -0.4 is 5.32 Å². The Bertz CT molecular complexity index is 975. The first-order chi connectivity index (χ1) is 13.9. The minimum atomic E-state index is -0.533. The van der Waals surface area contributed by atoms with Gasteiger partial charge >= 0.3 is 0 Å². The van der Waals surface area contributed by atoms with E-state index in [2.05, 4.69) is 16.5 Å². The van der Waals surface area contributed by atoms with E-state index in [-0.39, 0.29) is 24.3 Å². The van der Waals surface area contributed by atoms with Gasteiger partial charge in [-0.3, -0.25) is 14.3 Å². The van der Waals surface area contributed by atoms with Crippen molar-refractivity contribution in [3.05, 3.63) is 46.8 Å². The van der Waals surface area contributed by atoms with Crippen LogP contribution in [0.15, 0.2) is 24.4 Å². The average molecular weight is 395 g/mol. The average Bonchev–Trinajstić information content (AvgIpc) is 3.21. The van der Waals surface area contributed by atoms with Crippen molar-refractivity contribution < 1.29 is 14.3 Å². The van der Waals surface area contributed by atoms with E-state index in [4.69, 9.17) is 4.74 Å². The zero-order valence-corrected chi connectivity index (χ0v) is 17.1. The summed E-state index contributed by atoms with van der Waals surface area (Å²) in [6.45, 7) is 4.68. The summed E-state index contributed by atoms with van der Waals surface area (Å²) in [4.78, 5) is 27.4. The van der Waals surface area contributed by atoms with Crippen molar-refractivity contribution in [2.45, 2.75) is 32.9 Å². The molecule has 0 bridgehead atoms. The number of nitriles is 1. The van der Waals surface area contributed by atoms with Gasteiger partial charge in [0.15, 0.2) is 0 Å². The van der Waals surface area contributed by atoms with Crippen LogP contribution >= 0.6 is 0 Å². The Morgan fingerprint density at radius 1 is 1.45 bits per heavy atom. The molecule has 0 radical (unpaired) electrons. The molecule has 1 aliphatic rings. The van der Waals surface area contributed by atoms with Crippen LogP contribution in [0.4, 0.5) is 5.69 Å². The summed E-state index contributed by atoms with van der Waals surface area (Å²) in [7, 11) is 3.40. The Kier molecular flexibility index (Phi) is 5.99. The topological polar surface area (TPSA) is 100 Å². The molecule has 0 unspecified atom stereocenters. The van der Waals surface area contributed by atoms with Gasteiger partial charge in [0.05, 0.1) is 36.4 Å². The SMILES string of the molecule is CCN1C(=O)C[C@H](C(=O)Nc2ccc(COC)c(C#N)c2)[C@H]1c1cnn(C)c1C. The van der Waals surface area contributed by atoms with Crippen LogP contribution in [0.3, 0.4) is 0 Å². The normalized spacial score (nSPS) is 18.7. The van der Waals surface area contributed by atoms with E-state index in [0.29, 0.717) is 24.4 Å². The zero-order valence-electron chi connectivity index (χ0n) is 17.1. The van der Waals surface area contributed by atoms with Crippen LogP contribution in [-0.2, 0) is 28.0 Å². The van der Waals surface area contributed by atoms with Gasteiger partial charge in [-0.05, 0) is 31.5 Å². The van der Waals surface area contributed by atoms with E-state index in [9.17, 15) is 14.9 Å². The summed E-state index contributed by atoms with van der Waals surface area (Å²) >= 11 is 0. The molecule has 8 nitrogen and oxygen atoms in total. The number of rotatable bonds is 6. The molecule has 1 fully saturated rings. The van der Waals surface area contributed by atoms with Crippen LogP contribution in [0.1, 0.15) is 41.8 Å². The molecule has 3 rings (SSSR count). The van der Waals surface area contributed by atoms with E-state index in [1.807, 2.05) is 20.9 Å². The van der Waals surface area contributed by atoms with Crippen LogP contribution in [0.5, 0.6) is 0 Å². The van der Waals surface area contributed by atoms with Gasteiger partial charge in [0.25, 0.3) is 0 Å². The van der Waals surface area contributed by atoms with Crippen molar-refractivity contribution in [3.63, 3.8) is 0 Å². The van der Waals surface area contributed by atoms with Crippen molar-refractivity contribution in [1.82, 2.24) is 14.7 Å². The molecular weight excluding hydrogens is 370 g/mol. The standard InChI is InChI=1S/C21H25N5O3/c1-5-26-19(27)9-17(20(26)18-11-23-25(3)13(18)2)21(28)24-16-7-6-14(12-29-4)15(8-16)10-22/h6-8,11,17,20H,5,9,12H2,1-4H3,(H,24,28)/t17-,20-/m0/s1. The Morgan fingerprint density at radius 2 is 2.21 bits per heavy atom. The third-order valence-electron chi connectivity index (χ3n) is 5.50. The van der Waals surface area contributed by atoms with Gasteiger partial charge < -0.3 is 15.0 Å². The van der Waals surface area contributed by atoms with Crippen molar-refractivity contribution >= 4 is 17.5 Å². The second-order valence-electron chi connectivity index (χ2n) is 7.15. The van der Waals surface area contributed by atoms with E-state index < -0.39 is 5.92 Å². The fourth-order valence-electron chi connectivity index (χ4n) is 3.86. The first kappa shape index (κ1) is 20.6. The van der Waals surface area contributed by atoms with Gasteiger partial charge in [-0.15, -0.1) is 0 Å². The lowest BCUT2D eigenvalue weighted by Gasteiger charge is -2.26. The lowest BCUT2D eigenvalue weighted by molar-refractivity contribution is -0.129. The second-order valence-corrected chi connectivity index (χ2v) is 7.15. The van der Waals surface area contributed by atoms with Gasteiger partial charge in [0, 0.05) is 44.1 Å². The highest BCUT2D eigenvalue weighted by atomic mass is 16.5. The Morgan fingerprint density at radius 3 is 2.79 bits per heavy atom. The first-order valence-electron chi connectivity index (χ1n) is 9.52. The monoisotopic (exact) mass is 395 g/mol. The summed E-state index contributed by atoms with van der Waals surface area (Å²) in [6, 6.07) is 6.90. The number of aromatic nitrogens is 2. The van der Waals surface area contributed by atoms with Gasteiger partial charge in [0.1, 0.15) is 0 Å². The van der Waals surface area contributed by atoms with Gasteiger partial charge in [0.2, 0.25) is 11.8 Å². The molecule has 1 saturated heterocycles. The predicted molar refractivity (Wildman–Crippen MR) is 107 cm³/mol. The highest BCUT2D eigenvalue weighted by Gasteiger charge is 2.45. The zero-order chi connectivity index (χ0) is 21.1. The minimum Gasteiger partial charge on any atom is -0.380 e. The van der Waals surface area contributed by atoms with E-state index in [1.165, 1.54) is 0 Å². The Hall–Kier alpha value is -3.18. The van der Waals surface area contributed by atoms with Crippen LogP contribution in [0, 0.1) is 24.2 Å². The molecule has 1 aromatic heterocycles. The summed E-state index contributed by atoms with van der Waals surface area (Å²) in [5.41, 5.74) is 3.53. The largest absolute Gasteiger partial charge is 0.380 e. The summed E-state index contributed by atoms with van der Waals surface area (Å²) < 4.78 is 6.84. The molecule has 29 heavy (non-hydrogen) atoms. The minimum absolute atomic E-state index is 0.0472. The summed E-state index contributed by atoms with van der Waals surface area (Å²) in [5.74, 6) is -0.825. The van der Waals surface area contributed by atoms with Crippen molar-refractivity contribution in [3.8, 4) is 6.07 Å². The number of methoxy groups -OCH3 is 1. The fraction of sp³-hybridized carbons (Fsp3) is 0.429. The molecule has 1 N–H and O–H groups in total. The van der Waals surface area contributed by atoms with Crippen molar-refractivity contribution in [2.24, 2.45) is 13.0 Å². The number of hydrogen-bond donors (Lipinski definition) is 1. The molecule has 2 amide bonds. The second kappa shape index (κ2) is 8.45. The number of hydrogen-bond acceptors (Lipinski definition) is 5. The van der Waals surface area contributed by atoms with E-state index >= 15 is 0 Å². The van der Waals surface area contributed by atoms with Gasteiger partial charge in [-0.2, -0.15) is 10.4 Å². The maximum atomic E-state index is 13.1. The molecule has 152 valence electrons. The smallest absolute Gasteiger partial charge is 0.230 e. The molecule has 0 aliphatic carbocycles. The number of nitrogens with zero attached hydrogens (tertiary/aromatic N) is 4. The number of likely N-dealkylation sites (tertiary alicyclic amines) is 1. The fourth-order valence-corrected chi connectivity index (χ4v) is 3.86. The molecular formula is C21H25N5O3. The predicted octanol–water partition coefficient (Wildman–Crippen LogP) is 2.29. The van der Waals surface area contributed by atoms with Gasteiger partial charge in [-0.25, -0.2) is 0 Å². The third kappa shape index (κ3) is 3.87. The number of benzene rings is 1. The van der Waals surface area contributed by atoms with Crippen LogP contribution in [0.25, 0.3) is 0 Å². The molecule has 8 heteroatoms. The number of carbonyl (C=O) groups excluding carboxylic acids is 2. The maximum Gasteiger partial charge on any atom is 0.230 e. The molecule has 2 atom stereocenters. The molecule has 0 saturated carbocycles. The maximum absolute atomic E-state index is 13.1. The van der Waals surface area contributed by atoms with Crippen LogP contribution in [0.2, 0.25) is 0 Å². The molecule has 2 aromatic rings. The lowest BCUT2D eigenvalue weighted by atomic mass is 9.93. The van der Waals surface area contributed by atoms with Crippen molar-refractivity contribution in [1.29, 1.82) is 5.26 Å². The number of ether oxygens (including phenoxy) is 1. The van der Waals surface area contributed by atoms with E-state index in [1.54, 1.807) is 41.1 Å².